The molecule has 8 heteroatoms. The smallest absolute Gasteiger partial charge is 0.251 e. The molecule has 1 aliphatic rings. The zero-order valence-corrected chi connectivity index (χ0v) is 18.8. The fraction of sp³-hybridized carbons (Fsp3) is 0.200. The number of anilines is 1. The topological polar surface area (TPSA) is 113 Å². The summed E-state index contributed by atoms with van der Waals surface area (Å²) in [6, 6.07) is 21.1. The third-order valence-electron chi connectivity index (χ3n) is 5.38. The van der Waals surface area contributed by atoms with E-state index in [1.165, 1.54) is 11.8 Å². The highest BCUT2D eigenvalue weighted by atomic mass is 32.2. The number of nitrogens with zero attached hydrogens (tertiary/aromatic N) is 4. The monoisotopic (exact) mass is 455 g/mol. The van der Waals surface area contributed by atoms with E-state index in [-0.39, 0.29) is 5.91 Å². The predicted octanol–water partition coefficient (Wildman–Crippen LogP) is 3.32. The van der Waals surface area contributed by atoms with Gasteiger partial charge in [0.15, 0.2) is 0 Å². The van der Waals surface area contributed by atoms with Gasteiger partial charge < -0.3 is 15.3 Å². The molecule has 2 N–H and O–H groups in total. The number of nitrogens with one attached hydrogen (secondary N) is 1. The molecule has 4 rings (SSSR count). The van der Waals surface area contributed by atoms with Crippen LogP contribution in [0.25, 0.3) is 11.1 Å². The summed E-state index contributed by atoms with van der Waals surface area (Å²) in [4.78, 5) is 18.5. The predicted molar refractivity (Wildman–Crippen MR) is 127 cm³/mol. The minimum atomic E-state index is -0.460. The van der Waals surface area contributed by atoms with Crippen LogP contribution in [-0.2, 0) is 5.75 Å². The molecule has 0 atom stereocenters. The number of benzene rings is 2. The van der Waals surface area contributed by atoms with Crippen molar-refractivity contribution in [3.05, 3.63) is 76.9 Å². The Morgan fingerprint density at radius 3 is 2.52 bits per heavy atom. The lowest BCUT2D eigenvalue weighted by molar-refractivity contribution is 0.0963. The first-order valence-electron chi connectivity index (χ1n) is 10.4. The lowest BCUT2D eigenvalue weighted by Gasteiger charge is -2.37. The number of carbonyl (C=O) groups is 1. The first-order valence-corrected chi connectivity index (χ1v) is 11.3. The van der Waals surface area contributed by atoms with Crippen molar-refractivity contribution < 1.29 is 9.90 Å². The SMILES string of the molecule is CNC(=O)c1cccc(CSc2nc(N3CC(O)C3)c(C#N)c(-c3ccccc3)c2C#N)c1. The summed E-state index contributed by atoms with van der Waals surface area (Å²) in [7, 11) is 1.59. The summed E-state index contributed by atoms with van der Waals surface area (Å²) in [6.07, 6.45) is -0.460. The van der Waals surface area contributed by atoms with Gasteiger partial charge >= 0.3 is 0 Å². The lowest BCUT2D eigenvalue weighted by Crippen LogP contribution is -2.51. The van der Waals surface area contributed by atoms with E-state index in [1.807, 2.05) is 53.4 Å². The van der Waals surface area contributed by atoms with Gasteiger partial charge in [-0.25, -0.2) is 4.98 Å². The van der Waals surface area contributed by atoms with E-state index in [2.05, 4.69) is 17.5 Å². The maximum absolute atomic E-state index is 12.0. The first kappa shape index (κ1) is 22.3. The van der Waals surface area contributed by atoms with Crippen LogP contribution in [0.4, 0.5) is 5.82 Å². The molecule has 7 nitrogen and oxygen atoms in total. The van der Waals surface area contributed by atoms with Crippen molar-refractivity contribution in [2.24, 2.45) is 0 Å². The highest BCUT2D eigenvalue weighted by Gasteiger charge is 2.31. The number of rotatable bonds is 6. The molecule has 2 heterocycles. The molecule has 0 bridgehead atoms. The molecule has 1 amide bonds. The quantitative estimate of drug-likeness (QED) is 0.548. The molecule has 164 valence electrons. The van der Waals surface area contributed by atoms with E-state index in [4.69, 9.17) is 4.98 Å². The minimum Gasteiger partial charge on any atom is -0.389 e. The summed E-state index contributed by atoms with van der Waals surface area (Å²) in [6.45, 7) is 0.778. The third kappa shape index (κ3) is 4.54. The number of hydrogen-bond acceptors (Lipinski definition) is 7. The van der Waals surface area contributed by atoms with Crippen LogP contribution in [0.1, 0.15) is 27.0 Å². The summed E-state index contributed by atoms with van der Waals surface area (Å²) in [5.41, 5.74) is 3.46. The molecule has 0 saturated carbocycles. The standard InChI is InChI=1S/C25H21N5O2S/c1-28-24(32)18-9-5-6-16(10-18)15-33-25-21(12-27)22(17-7-3-2-4-8-17)20(11-26)23(29-25)30-13-19(31)14-30/h2-10,19,31H,13-15H2,1H3,(H,28,32). The molecule has 0 aliphatic carbocycles. The highest BCUT2D eigenvalue weighted by Crippen LogP contribution is 2.39. The summed E-state index contributed by atoms with van der Waals surface area (Å²) < 4.78 is 0. The highest BCUT2D eigenvalue weighted by molar-refractivity contribution is 7.98. The molecule has 0 radical (unpaired) electrons. The molecule has 1 saturated heterocycles. The van der Waals surface area contributed by atoms with Gasteiger partial charge in [-0.2, -0.15) is 10.5 Å². The Morgan fingerprint density at radius 1 is 1.15 bits per heavy atom. The van der Waals surface area contributed by atoms with Crippen molar-refractivity contribution in [2.45, 2.75) is 16.9 Å². The molecule has 0 unspecified atom stereocenters. The van der Waals surface area contributed by atoms with Gasteiger partial charge in [0.1, 0.15) is 28.5 Å². The van der Waals surface area contributed by atoms with Crippen LogP contribution in [0.15, 0.2) is 59.6 Å². The average molecular weight is 456 g/mol. The maximum atomic E-state index is 12.0. The van der Waals surface area contributed by atoms with Crippen molar-refractivity contribution in [1.29, 1.82) is 10.5 Å². The molecule has 1 aliphatic heterocycles. The summed E-state index contributed by atoms with van der Waals surface area (Å²) in [5, 5.41) is 33.0. The number of β-amino-alcohol motifs (C(OH)–C–C–N with tert-alkyl or cyclic N) is 1. The second-order valence-corrected chi connectivity index (χ2v) is 8.55. The number of aliphatic hydroxyl groups excluding tert-OH is 1. The van der Waals surface area contributed by atoms with Gasteiger partial charge in [0.2, 0.25) is 0 Å². The molecule has 1 aromatic heterocycles. The van der Waals surface area contributed by atoms with Gasteiger partial charge in [0, 0.05) is 37.0 Å². The van der Waals surface area contributed by atoms with Crippen molar-refractivity contribution in [1.82, 2.24) is 10.3 Å². The number of thioether (sulfide) groups is 1. The number of aliphatic hydroxyl groups is 1. The Balaban J connectivity index is 1.78. The van der Waals surface area contributed by atoms with Gasteiger partial charge in [-0.3, -0.25) is 4.79 Å². The van der Waals surface area contributed by atoms with Crippen LogP contribution in [0.5, 0.6) is 0 Å². The van der Waals surface area contributed by atoms with Gasteiger partial charge in [-0.05, 0) is 23.3 Å². The zero-order chi connectivity index (χ0) is 23.4. The van der Waals surface area contributed by atoms with Crippen molar-refractivity contribution in [3.63, 3.8) is 0 Å². The van der Waals surface area contributed by atoms with E-state index in [0.717, 1.165) is 11.1 Å². The Hall–Kier alpha value is -3.85. The number of hydrogen-bond donors (Lipinski definition) is 2. The van der Waals surface area contributed by atoms with Crippen molar-refractivity contribution in [3.8, 4) is 23.3 Å². The van der Waals surface area contributed by atoms with Gasteiger partial charge in [-0.1, -0.05) is 42.5 Å². The number of nitriles is 2. The summed E-state index contributed by atoms with van der Waals surface area (Å²) in [5.74, 6) is 0.803. The fourth-order valence-electron chi connectivity index (χ4n) is 3.71. The maximum Gasteiger partial charge on any atom is 0.251 e. The number of amides is 1. The van der Waals surface area contributed by atoms with Crippen molar-refractivity contribution >= 4 is 23.5 Å². The fourth-order valence-corrected chi connectivity index (χ4v) is 4.64. The number of aromatic nitrogens is 1. The Kier molecular flexibility index (Phi) is 6.60. The Labute approximate surface area is 196 Å². The zero-order valence-electron chi connectivity index (χ0n) is 17.9. The molecular formula is C25H21N5O2S. The van der Waals surface area contributed by atoms with Crippen LogP contribution < -0.4 is 10.2 Å². The van der Waals surface area contributed by atoms with E-state index in [9.17, 15) is 20.4 Å². The van der Waals surface area contributed by atoms with Crippen LogP contribution in [0, 0.1) is 22.7 Å². The van der Waals surface area contributed by atoms with E-state index < -0.39 is 6.10 Å². The third-order valence-corrected chi connectivity index (χ3v) is 6.43. The van der Waals surface area contributed by atoms with Gasteiger partial charge in [0.25, 0.3) is 5.91 Å². The lowest BCUT2D eigenvalue weighted by atomic mass is 9.96. The van der Waals surface area contributed by atoms with Crippen LogP contribution in [-0.4, -0.2) is 42.2 Å². The van der Waals surface area contributed by atoms with Gasteiger partial charge in [0.05, 0.1) is 11.7 Å². The van der Waals surface area contributed by atoms with Crippen LogP contribution >= 0.6 is 11.8 Å². The van der Waals surface area contributed by atoms with E-state index in [0.29, 0.717) is 51.9 Å². The molecule has 33 heavy (non-hydrogen) atoms. The number of pyridine rings is 1. The van der Waals surface area contributed by atoms with Gasteiger partial charge in [-0.15, -0.1) is 11.8 Å². The molecule has 3 aromatic rings. The van der Waals surface area contributed by atoms with Crippen molar-refractivity contribution in [2.75, 3.05) is 25.0 Å². The molecular weight excluding hydrogens is 434 g/mol. The van der Waals surface area contributed by atoms with E-state index in [1.54, 1.807) is 13.1 Å². The second-order valence-electron chi connectivity index (χ2n) is 7.58. The van der Waals surface area contributed by atoms with Crippen LogP contribution in [0.3, 0.4) is 0 Å². The van der Waals surface area contributed by atoms with Crippen LogP contribution in [0.2, 0.25) is 0 Å². The van der Waals surface area contributed by atoms with E-state index >= 15 is 0 Å². The Morgan fingerprint density at radius 2 is 1.88 bits per heavy atom. The number of carbonyl (C=O) groups excluding carboxylic acids is 1. The largest absolute Gasteiger partial charge is 0.389 e. The normalized spacial score (nSPS) is 13.0. The average Bonchev–Trinajstić information content (AvgIpc) is 2.84. The second kappa shape index (κ2) is 9.74. The first-order chi connectivity index (χ1) is 16.0. The molecule has 0 spiro atoms. The molecule has 1 fully saturated rings. The summed E-state index contributed by atoms with van der Waals surface area (Å²) >= 11 is 1.38. The Bertz CT molecular complexity index is 1270. The molecule has 2 aromatic carbocycles. The minimum absolute atomic E-state index is 0.166.